The molecule has 0 atom stereocenters. The number of allylic oxidation sites excluding steroid dienone is 1. The van der Waals surface area contributed by atoms with E-state index >= 15 is 0 Å². The lowest BCUT2D eigenvalue weighted by molar-refractivity contribution is -0.189. The monoisotopic (exact) mass is 488 g/mol. The molecular formula is C21H17ClF8O2. The van der Waals surface area contributed by atoms with Crippen LogP contribution in [-0.4, -0.2) is 6.18 Å². The van der Waals surface area contributed by atoms with Gasteiger partial charge in [0.15, 0.2) is 11.6 Å². The van der Waals surface area contributed by atoms with Crippen molar-refractivity contribution in [3.63, 3.8) is 0 Å². The quantitative estimate of drug-likeness (QED) is 0.202. The number of ether oxygens (including phenoxy) is 2. The minimum absolute atomic E-state index is 0.103. The highest BCUT2D eigenvalue weighted by molar-refractivity contribution is 6.32. The molecule has 32 heavy (non-hydrogen) atoms. The Labute approximate surface area is 183 Å². The molecule has 0 amide bonds. The summed E-state index contributed by atoms with van der Waals surface area (Å²) in [5.41, 5.74) is -1.49. The first kappa shape index (κ1) is 25.8. The second kappa shape index (κ2) is 10.4. The second-order valence-electron chi connectivity index (χ2n) is 6.69. The van der Waals surface area contributed by atoms with E-state index in [1.54, 1.807) is 0 Å². The largest absolute Gasteiger partial charge is 0.460 e. The minimum Gasteiger partial charge on any atom is -0.460 e. The third-order valence-corrected chi connectivity index (χ3v) is 4.40. The fourth-order valence-electron chi connectivity index (χ4n) is 2.71. The standard InChI is InChI=1S/C21H17ClF8O2/c1-2-3-4-5-12-8-15(23)18(16(24)9-12)21(29,30)32-13-10-14(22)19(17(25)11-13)31-7-6-20(26,27)28/h6-11H,2-5H2,1H3/b7-6+. The van der Waals surface area contributed by atoms with E-state index in [0.717, 1.165) is 25.0 Å². The van der Waals surface area contributed by atoms with Gasteiger partial charge >= 0.3 is 12.3 Å². The Hall–Kier alpha value is -2.49. The molecule has 2 aromatic carbocycles. The zero-order chi connectivity index (χ0) is 24.1. The van der Waals surface area contributed by atoms with Crippen LogP contribution in [0.4, 0.5) is 35.1 Å². The van der Waals surface area contributed by atoms with Crippen molar-refractivity contribution in [1.82, 2.24) is 0 Å². The molecule has 0 spiro atoms. The number of hydrogen-bond acceptors (Lipinski definition) is 2. The zero-order valence-corrected chi connectivity index (χ0v) is 17.3. The summed E-state index contributed by atoms with van der Waals surface area (Å²) in [4.78, 5) is 0. The molecule has 2 rings (SSSR count). The molecule has 0 heterocycles. The van der Waals surface area contributed by atoms with E-state index in [9.17, 15) is 35.1 Å². The summed E-state index contributed by atoms with van der Waals surface area (Å²) in [6, 6.07) is 2.46. The van der Waals surface area contributed by atoms with Crippen molar-refractivity contribution < 1.29 is 44.6 Å². The summed E-state index contributed by atoms with van der Waals surface area (Å²) in [5, 5.41) is -0.713. The molecule has 0 aliphatic rings. The molecule has 2 aromatic rings. The van der Waals surface area contributed by atoms with Crippen molar-refractivity contribution in [3.8, 4) is 11.5 Å². The molecule has 2 nitrogen and oxygen atoms in total. The molecule has 0 N–H and O–H groups in total. The molecule has 0 saturated carbocycles. The summed E-state index contributed by atoms with van der Waals surface area (Å²) < 4.78 is 116. The molecule has 0 bridgehead atoms. The summed E-state index contributed by atoms with van der Waals surface area (Å²) >= 11 is 5.65. The van der Waals surface area contributed by atoms with Gasteiger partial charge in [0.05, 0.1) is 17.4 Å². The highest BCUT2D eigenvalue weighted by Crippen LogP contribution is 2.39. The van der Waals surface area contributed by atoms with Crippen LogP contribution in [0.3, 0.4) is 0 Å². The molecule has 0 aromatic heterocycles. The Morgan fingerprint density at radius 2 is 1.53 bits per heavy atom. The lowest BCUT2D eigenvalue weighted by Crippen LogP contribution is -2.25. The van der Waals surface area contributed by atoms with Crippen LogP contribution in [0.2, 0.25) is 5.02 Å². The van der Waals surface area contributed by atoms with Gasteiger partial charge in [-0.05, 0) is 30.5 Å². The summed E-state index contributed by atoms with van der Waals surface area (Å²) in [6.45, 7) is 1.93. The zero-order valence-electron chi connectivity index (χ0n) is 16.5. The van der Waals surface area contributed by atoms with Gasteiger partial charge in [0.2, 0.25) is 0 Å². The molecule has 0 aliphatic heterocycles. The number of aryl methyl sites for hydroxylation is 1. The summed E-state index contributed by atoms with van der Waals surface area (Å²) in [5.74, 6) is -6.37. The van der Waals surface area contributed by atoms with E-state index in [4.69, 9.17) is 11.6 Å². The fourth-order valence-corrected chi connectivity index (χ4v) is 2.96. The molecular weight excluding hydrogens is 472 g/mol. The van der Waals surface area contributed by atoms with Gasteiger partial charge in [0, 0.05) is 12.1 Å². The van der Waals surface area contributed by atoms with E-state index < -0.39 is 51.8 Å². The Morgan fingerprint density at radius 3 is 2.06 bits per heavy atom. The first-order valence-corrected chi connectivity index (χ1v) is 9.67. The first-order valence-electron chi connectivity index (χ1n) is 9.29. The van der Waals surface area contributed by atoms with Crippen molar-refractivity contribution in [1.29, 1.82) is 0 Å². The number of hydrogen-bond donors (Lipinski definition) is 0. The molecule has 0 unspecified atom stereocenters. The number of benzene rings is 2. The van der Waals surface area contributed by atoms with Crippen LogP contribution >= 0.6 is 11.6 Å². The second-order valence-corrected chi connectivity index (χ2v) is 7.10. The van der Waals surface area contributed by atoms with Crippen LogP contribution < -0.4 is 9.47 Å². The highest BCUT2D eigenvalue weighted by atomic mass is 35.5. The smallest absolute Gasteiger partial charge is 0.432 e. The third kappa shape index (κ3) is 7.01. The van der Waals surface area contributed by atoms with Crippen LogP contribution in [0.25, 0.3) is 0 Å². The van der Waals surface area contributed by atoms with E-state index in [-0.39, 0.29) is 17.9 Å². The predicted octanol–water partition coefficient (Wildman–Crippen LogP) is 8.07. The van der Waals surface area contributed by atoms with E-state index in [1.807, 2.05) is 6.92 Å². The van der Waals surface area contributed by atoms with Crippen LogP contribution in [-0.2, 0) is 12.5 Å². The molecule has 0 saturated heterocycles. The average Bonchev–Trinajstić information content (AvgIpc) is 2.62. The van der Waals surface area contributed by atoms with Crippen molar-refractivity contribution >= 4 is 11.6 Å². The molecule has 176 valence electrons. The molecule has 0 radical (unpaired) electrons. The van der Waals surface area contributed by atoms with Gasteiger partial charge in [0.1, 0.15) is 22.9 Å². The van der Waals surface area contributed by atoms with Gasteiger partial charge in [-0.3, -0.25) is 0 Å². The number of halogens is 9. The molecule has 0 fully saturated rings. The first-order chi connectivity index (χ1) is 14.8. The van der Waals surface area contributed by atoms with Gasteiger partial charge in [-0.25, -0.2) is 13.2 Å². The van der Waals surface area contributed by atoms with Crippen molar-refractivity contribution in [2.45, 2.75) is 44.9 Å². The SMILES string of the molecule is CCCCCc1cc(F)c(C(F)(F)Oc2cc(F)c(O/C=C/C(F)(F)F)c(Cl)c2)c(F)c1. The number of rotatable bonds is 9. The van der Waals surface area contributed by atoms with E-state index in [0.29, 0.717) is 25.0 Å². The van der Waals surface area contributed by atoms with Gasteiger partial charge in [0.25, 0.3) is 0 Å². The van der Waals surface area contributed by atoms with Crippen molar-refractivity contribution in [2.24, 2.45) is 0 Å². The van der Waals surface area contributed by atoms with Gasteiger partial charge in [-0.2, -0.15) is 22.0 Å². The maximum absolute atomic E-state index is 14.5. The van der Waals surface area contributed by atoms with E-state index in [1.165, 1.54) is 0 Å². The van der Waals surface area contributed by atoms with Gasteiger partial charge in [-0.1, -0.05) is 31.4 Å². The molecule has 11 heteroatoms. The number of unbranched alkanes of at least 4 members (excludes halogenated alkanes) is 2. The summed E-state index contributed by atoms with van der Waals surface area (Å²) in [6.07, 6.45) is -6.98. The Morgan fingerprint density at radius 1 is 0.906 bits per heavy atom. The third-order valence-electron chi connectivity index (χ3n) is 4.12. The Kier molecular flexibility index (Phi) is 8.39. The maximum Gasteiger partial charge on any atom is 0.432 e. The average molecular weight is 489 g/mol. The lowest BCUT2D eigenvalue weighted by Gasteiger charge is -2.20. The topological polar surface area (TPSA) is 18.5 Å². The van der Waals surface area contributed by atoms with Crippen LogP contribution in [0.1, 0.15) is 37.3 Å². The predicted molar refractivity (Wildman–Crippen MR) is 101 cm³/mol. The maximum atomic E-state index is 14.5. The number of alkyl halides is 5. The van der Waals surface area contributed by atoms with Crippen LogP contribution in [0.15, 0.2) is 36.6 Å². The minimum atomic E-state index is -4.74. The van der Waals surface area contributed by atoms with Crippen LogP contribution in [0.5, 0.6) is 11.5 Å². The Balaban J connectivity index is 2.25. The van der Waals surface area contributed by atoms with E-state index in [2.05, 4.69) is 9.47 Å². The summed E-state index contributed by atoms with van der Waals surface area (Å²) in [7, 11) is 0. The Bertz CT molecular complexity index is 927. The van der Waals surface area contributed by atoms with Crippen molar-refractivity contribution in [2.75, 3.05) is 0 Å². The fraction of sp³-hybridized carbons (Fsp3) is 0.333. The molecule has 0 aliphatic carbocycles. The van der Waals surface area contributed by atoms with Crippen molar-refractivity contribution in [3.05, 3.63) is 70.2 Å². The lowest BCUT2D eigenvalue weighted by atomic mass is 10.0. The normalized spacial score (nSPS) is 12.4. The van der Waals surface area contributed by atoms with Crippen LogP contribution in [0, 0.1) is 17.5 Å². The van der Waals surface area contributed by atoms with Gasteiger partial charge in [-0.15, -0.1) is 0 Å². The van der Waals surface area contributed by atoms with Gasteiger partial charge < -0.3 is 9.47 Å². The highest BCUT2D eigenvalue weighted by Gasteiger charge is 2.41.